The van der Waals surface area contributed by atoms with Crippen molar-refractivity contribution in [2.45, 2.75) is 25.7 Å². The van der Waals surface area contributed by atoms with E-state index < -0.39 is 6.43 Å². The standard InChI is InChI=1S/C10H10F2/c11-10(12)9-6-2-4-7-3-1-5-8(7)9/h2,4,6,10H,1,3,5H2. The molecule has 0 heterocycles. The average molecular weight is 168 g/mol. The predicted octanol–water partition coefficient (Wildman–Crippen LogP) is 3.11. The first-order valence-electron chi connectivity index (χ1n) is 4.18. The minimum Gasteiger partial charge on any atom is -0.205 e. The summed E-state index contributed by atoms with van der Waals surface area (Å²) in [5.41, 5.74) is 2.25. The Kier molecular flexibility index (Phi) is 1.83. The third-order valence-electron chi connectivity index (χ3n) is 2.42. The van der Waals surface area contributed by atoms with Gasteiger partial charge in [-0.25, -0.2) is 8.78 Å². The van der Waals surface area contributed by atoms with Crippen molar-refractivity contribution in [1.82, 2.24) is 0 Å². The largest absolute Gasteiger partial charge is 0.264 e. The zero-order chi connectivity index (χ0) is 8.55. The number of hydrogen-bond acceptors (Lipinski definition) is 0. The van der Waals surface area contributed by atoms with Gasteiger partial charge in [-0.1, -0.05) is 18.2 Å². The van der Waals surface area contributed by atoms with Gasteiger partial charge in [0.05, 0.1) is 0 Å². The monoisotopic (exact) mass is 168 g/mol. The Morgan fingerprint density at radius 2 is 2.00 bits per heavy atom. The maximum Gasteiger partial charge on any atom is 0.264 e. The Morgan fingerprint density at radius 1 is 1.17 bits per heavy atom. The normalized spacial score (nSPS) is 15.2. The minimum atomic E-state index is -2.31. The first-order chi connectivity index (χ1) is 5.79. The van der Waals surface area contributed by atoms with Crippen LogP contribution in [0.5, 0.6) is 0 Å². The van der Waals surface area contributed by atoms with E-state index in [-0.39, 0.29) is 5.56 Å². The summed E-state index contributed by atoms with van der Waals surface area (Å²) in [6, 6.07) is 5.22. The minimum absolute atomic E-state index is 0.241. The summed E-state index contributed by atoms with van der Waals surface area (Å²) in [7, 11) is 0. The fourth-order valence-corrected chi connectivity index (χ4v) is 1.85. The van der Waals surface area contributed by atoms with Crippen molar-refractivity contribution in [2.24, 2.45) is 0 Å². The van der Waals surface area contributed by atoms with Crippen LogP contribution < -0.4 is 0 Å². The molecule has 0 amide bonds. The van der Waals surface area contributed by atoms with Crippen LogP contribution in [0.15, 0.2) is 18.2 Å². The highest BCUT2D eigenvalue weighted by atomic mass is 19.3. The highest BCUT2D eigenvalue weighted by Crippen LogP contribution is 2.31. The second-order valence-electron chi connectivity index (χ2n) is 3.14. The molecule has 0 nitrogen and oxygen atoms in total. The van der Waals surface area contributed by atoms with E-state index in [0.717, 1.165) is 30.4 Å². The zero-order valence-corrected chi connectivity index (χ0v) is 6.69. The quantitative estimate of drug-likeness (QED) is 0.604. The molecule has 0 spiro atoms. The van der Waals surface area contributed by atoms with Gasteiger partial charge in [0.15, 0.2) is 0 Å². The van der Waals surface area contributed by atoms with Crippen LogP contribution in [0, 0.1) is 0 Å². The second-order valence-corrected chi connectivity index (χ2v) is 3.14. The Balaban J connectivity index is 2.49. The van der Waals surface area contributed by atoms with Crippen LogP contribution in [0.1, 0.15) is 29.5 Å². The molecular weight excluding hydrogens is 158 g/mol. The van der Waals surface area contributed by atoms with Gasteiger partial charge in [-0.15, -0.1) is 0 Å². The smallest absolute Gasteiger partial charge is 0.205 e. The number of benzene rings is 1. The van der Waals surface area contributed by atoms with Crippen molar-refractivity contribution in [3.8, 4) is 0 Å². The molecule has 0 bridgehead atoms. The molecule has 1 aliphatic carbocycles. The van der Waals surface area contributed by atoms with Crippen molar-refractivity contribution in [3.05, 3.63) is 34.9 Å². The Hall–Kier alpha value is -0.920. The molecule has 64 valence electrons. The molecule has 0 fully saturated rings. The van der Waals surface area contributed by atoms with Crippen LogP contribution in [0.4, 0.5) is 8.78 Å². The van der Waals surface area contributed by atoms with E-state index in [1.807, 2.05) is 6.07 Å². The highest BCUT2D eigenvalue weighted by Gasteiger charge is 2.18. The maximum absolute atomic E-state index is 12.4. The van der Waals surface area contributed by atoms with Gasteiger partial charge in [0.25, 0.3) is 6.43 Å². The van der Waals surface area contributed by atoms with Crippen molar-refractivity contribution < 1.29 is 8.78 Å². The summed E-state index contributed by atoms with van der Waals surface area (Å²) in [5.74, 6) is 0. The molecule has 0 radical (unpaired) electrons. The topological polar surface area (TPSA) is 0 Å². The summed E-state index contributed by atoms with van der Waals surface area (Å²) >= 11 is 0. The van der Waals surface area contributed by atoms with Crippen molar-refractivity contribution in [3.63, 3.8) is 0 Å². The van der Waals surface area contributed by atoms with E-state index in [9.17, 15) is 8.78 Å². The Labute approximate surface area is 70.2 Å². The lowest BCUT2D eigenvalue weighted by Gasteiger charge is -2.05. The molecule has 0 unspecified atom stereocenters. The summed E-state index contributed by atoms with van der Waals surface area (Å²) in [6.07, 6.45) is 0.517. The number of aryl methyl sites for hydroxylation is 1. The van der Waals surface area contributed by atoms with Gasteiger partial charge < -0.3 is 0 Å². The van der Waals surface area contributed by atoms with Gasteiger partial charge >= 0.3 is 0 Å². The number of halogens is 2. The Morgan fingerprint density at radius 3 is 2.75 bits per heavy atom. The second kappa shape index (κ2) is 2.85. The molecule has 0 atom stereocenters. The molecular formula is C10H10F2. The van der Waals surface area contributed by atoms with E-state index in [1.165, 1.54) is 6.07 Å². The van der Waals surface area contributed by atoms with E-state index in [0.29, 0.717) is 0 Å². The molecule has 2 heteroatoms. The van der Waals surface area contributed by atoms with Crippen LogP contribution in [-0.4, -0.2) is 0 Å². The van der Waals surface area contributed by atoms with Crippen molar-refractivity contribution >= 4 is 0 Å². The summed E-state index contributed by atoms with van der Waals surface area (Å²) in [5, 5.41) is 0. The fourth-order valence-electron chi connectivity index (χ4n) is 1.85. The number of fused-ring (bicyclic) bond motifs is 1. The van der Waals surface area contributed by atoms with Gasteiger partial charge in [-0.05, 0) is 30.4 Å². The van der Waals surface area contributed by atoms with Gasteiger partial charge in [-0.2, -0.15) is 0 Å². The van der Waals surface area contributed by atoms with Crippen molar-refractivity contribution in [1.29, 1.82) is 0 Å². The molecule has 0 saturated heterocycles. The molecule has 0 aromatic heterocycles. The van der Waals surface area contributed by atoms with Crippen LogP contribution >= 0.6 is 0 Å². The van der Waals surface area contributed by atoms with Gasteiger partial charge in [-0.3, -0.25) is 0 Å². The van der Waals surface area contributed by atoms with Crippen LogP contribution in [0.2, 0.25) is 0 Å². The third-order valence-corrected chi connectivity index (χ3v) is 2.42. The van der Waals surface area contributed by atoms with Crippen LogP contribution in [-0.2, 0) is 12.8 Å². The molecule has 12 heavy (non-hydrogen) atoms. The molecule has 1 aliphatic rings. The first kappa shape index (κ1) is 7.71. The molecule has 0 aliphatic heterocycles. The average Bonchev–Trinajstić information content (AvgIpc) is 2.49. The number of hydrogen-bond donors (Lipinski definition) is 0. The molecule has 1 aromatic carbocycles. The Bertz CT molecular complexity index is 292. The van der Waals surface area contributed by atoms with E-state index in [2.05, 4.69) is 0 Å². The first-order valence-corrected chi connectivity index (χ1v) is 4.18. The zero-order valence-electron chi connectivity index (χ0n) is 6.69. The lowest BCUT2D eigenvalue weighted by molar-refractivity contribution is 0.150. The maximum atomic E-state index is 12.4. The van der Waals surface area contributed by atoms with Crippen LogP contribution in [0.3, 0.4) is 0 Å². The summed E-state index contributed by atoms with van der Waals surface area (Å²) in [4.78, 5) is 0. The summed E-state index contributed by atoms with van der Waals surface area (Å²) in [6.45, 7) is 0. The number of rotatable bonds is 1. The van der Waals surface area contributed by atoms with Gasteiger partial charge in [0.1, 0.15) is 0 Å². The highest BCUT2D eigenvalue weighted by molar-refractivity contribution is 5.38. The fraction of sp³-hybridized carbons (Fsp3) is 0.400. The molecule has 0 saturated carbocycles. The summed E-state index contributed by atoms with van der Waals surface area (Å²) < 4.78 is 24.8. The van der Waals surface area contributed by atoms with Crippen LogP contribution in [0.25, 0.3) is 0 Å². The van der Waals surface area contributed by atoms with E-state index in [1.54, 1.807) is 6.07 Å². The lowest BCUT2D eigenvalue weighted by atomic mass is 10.0. The number of alkyl halides is 2. The predicted molar refractivity (Wildman–Crippen MR) is 43.4 cm³/mol. The third kappa shape index (κ3) is 1.11. The van der Waals surface area contributed by atoms with E-state index >= 15 is 0 Å². The lowest BCUT2D eigenvalue weighted by Crippen LogP contribution is -1.92. The SMILES string of the molecule is FC(F)c1cccc2c1CCC2. The molecule has 0 N–H and O–H groups in total. The molecule has 2 rings (SSSR count). The van der Waals surface area contributed by atoms with Crippen molar-refractivity contribution in [2.75, 3.05) is 0 Å². The van der Waals surface area contributed by atoms with Gasteiger partial charge in [0, 0.05) is 5.56 Å². The molecule has 1 aromatic rings. The van der Waals surface area contributed by atoms with E-state index in [4.69, 9.17) is 0 Å². The van der Waals surface area contributed by atoms with Gasteiger partial charge in [0.2, 0.25) is 0 Å².